The third-order valence-electron chi connectivity index (χ3n) is 1.28. The summed E-state index contributed by atoms with van der Waals surface area (Å²) in [6.45, 7) is 0. The van der Waals surface area contributed by atoms with Gasteiger partial charge in [-0.3, -0.25) is 4.99 Å². The topological polar surface area (TPSA) is 75.7 Å². The van der Waals surface area contributed by atoms with Crippen LogP contribution in [0, 0.1) is 0 Å². The molecule has 0 bridgehead atoms. The Morgan fingerprint density at radius 1 is 1.89 bits per heavy atom. The SMILES string of the molecule is NC1=NC(C(=O)O)CC1. The minimum absolute atomic E-state index is 0.461. The Kier molecular flexibility index (Phi) is 1.38. The Bertz CT molecular complexity index is 164. The number of aliphatic carboxylic acids is 1. The van der Waals surface area contributed by atoms with Crippen LogP contribution in [0.2, 0.25) is 0 Å². The van der Waals surface area contributed by atoms with E-state index in [0.29, 0.717) is 18.7 Å². The smallest absolute Gasteiger partial charge is 0.328 e. The number of carboxylic acid groups (broad SMARTS) is 1. The molecule has 0 fully saturated rings. The van der Waals surface area contributed by atoms with E-state index in [1.165, 1.54) is 0 Å². The van der Waals surface area contributed by atoms with Crippen molar-refractivity contribution >= 4 is 11.8 Å². The first-order valence-corrected chi connectivity index (χ1v) is 2.75. The van der Waals surface area contributed by atoms with Gasteiger partial charge in [0.15, 0.2) is 0 Å². The number of hydrogen-bond acceptors (Lipinski definition) is 3. The quantitative estimate of drug-likeness (QED) is 0.504. The first kappa shape index (κ1) is 6.07. The Morgan fingerprint density at radius 3 is 2.78 bits per heavy atom. The molecule has 0 aromatic carbocycles. The zero-order valence-corrected chi connectivity index (χ0v) is 4.87. The lowest BCUT2D eigenvalue weighted by molar-refractivity contribution is -0.138. The standard InChI is InChI=1S/C5H8N2O2/c6-4-2-1-3(7-4)5(8)9/h3H,1-2H2,(H2,6,7)(H,8,9). The molecular formula is C5H8N2O2. The molecule has 3 N–H and O–H groups in total. The maximum Gasteiger partial charge on any atom is 0.328 e. The van der Waals surface area contributed by atoms with E-state index in [9.17, 15) is 4.79 Å². The second-order valence-corrected chi connectivity index (χ2v) is 2.01. The van der Waals surface area contributed by atoms with Crippen molar-refractivity contribution in [3.05, 3.63) is 0 Å². The number of rotatable bonds is 1. The van der Waals surface area contributed by atoms with Crippen LogP contribution in [0.4, 0.5) is 0 Å². The summed E-state index contributed by atoms with van der Waals surface area (Å²) in [4.78, 5) is 13.9. The average molecular weight is 128 g/mol. The Labute approximate surface area is 52.4 Å². The molecule has 0 spiro atoms. The number of nitrogens with zero attached hydrogens (tertiary/aromatic N) is 1. The van der Waals surface area contributed by atoms with Crippen LogP contribution >= 0.6 is 0 Å². The van der Waals surface area contributed by atoms with Crippen molar-refractivity contribution in [3.8, 4) is 0 Å². The third-order valence-corrected chi connectivity index (χ3v) is 1.28. The van der Waals surface area contributed by atoms with Crippen LogP contribution in [0.15, 0.2) is 4.99 Å². The monoisotopic (exact) mass is 128 g/mol. The summed E-state index contributed by atoms with van der Waals surface area (Å²) in [5.74, 6) is -0.419. The van der Waals surface area contributed by atoms with Gasteiger partial charge in [-0.25, -0.2) is 4.79 Å². The van der Waals surface area contributed by atoms with Crippen molar-refractivity contribution in [2.24, 2.45) is 10.7 Å². The van der Waals surface area contributed by atoms with Gasteiger partial charge < -0.3 is 10.8 Å². The number of amidine groups is 1. The number of nitrogens with two attached hydrogens (primary N) is 1. The lowest BCUT2D eigenvalue weighted by Gasteiger charge is -1.94. The van der Waals surface area contributed by atoms with Crippen molar-refractivity contribution in [3.63, 3.8) is 0 Å². The van der Waals surface area contributed by atoms with Crippen molar-refractivity contribution in [2.45, 2.75) is 18.9 Å². The fraction of sp³-hybridized carbons (Fsp3) is 0.600. The highest BCUT2D eigenvalue weighted by atomic mass is 16.4. The Morgan fingerprint density at radius 2 is 2.56 bits per heavy atom. The molecule has 0 aromatic heterocycles. The summed E-state index contributed by atoms with van der Waals surface area (Å²) in [7, 11) is 0. The first-order chi connectivity index (χ1) is 4.20. The van der Waals surface area contributed by atoms with Gasteiger partial charge in [0.05, 0.1) is 5.84 Å². The van der Waals surface area contributed by atoms with Gasteiger partial charge in [-0.1, -0.05) is 0 Å². The highest BCUT2D eigenvalue weighted by Gasteiger charge is 2.21. The third kappa shape index (κ3) is 1.19. The molecule has 4 heteroatoms. The first-order valence-electron chi connectivity index (χ1n) is 2.75. The summed E-state index contributed by atoms with van der Waals surface area (Å²) in [6.07, 6.45) is 1.18. The molecule has 1 atom stereocenters. The van der Waals surface area contributed by atoms with E-state index < -0.39 is 12.0 Å². The van der Waals surface area contributed by atoms with Gasteiger partial charge >= 0.3 is 5.97 Å². The fourth-order valence-electron chi connectivity index (χ4n) is 0.793. The maximum absolute atomic E-state index is 10.2. The summed E-state index contributed by atoms with van der Waals surface area (Å²) >= 11 is 0. The highest BCUT2D eigenvalue weighted by Crippen LogP contribution is 2.09. The molecule has 0 aliphatic carbocycles. The fourth-order valence-corrected chi connectivity index (χ4v) is 0.793. The second-order valence-electron chi connectivity index (χ2n) is 2.01. The van der Waals surface area contributed by atoms with Crippen LogP contribution in [0.1, 0.15) is 12.8 Å². The van der Waals surface area contributed by atoms with E-state index in [0.717, 1.165) is 0 Å². The van der Waals surface area contributed by atoms with Gasteiger partial charge in [0.2, 0.25) is 0 Å². The van der Waals surface area contributed by atoms with Crippen LogP contribution in [0.5, 0.6) is 0 Å². The van der Waals surface area contributed by atoms with E-state index in [2.05, 4.69) is 4.99 Å². The van der Waals surface area contributed by atoms with Crippen LogP contribution in [0.25, 0.3) is 0 Å². The number of carboxylic acids is 1. The van der Waals surface area contributed by atoms with Gasteiger partial charge in [0, 0.05) is 6.42 Å². The number of aliphatic imine (C=N–C) groups is 1. The predicted octanol–water partition coefficient (Wildman–Crippen LogP) is -0.409. The minimum atomic E-state index is -0.879. The van der Waals surface area contributed by atoms with E-state index in [4.69, 9.17) is 10.8 Å². The van der Waals surface area contributed by atoms with Gasteiger partial charge in [-0.05, 0) is 6.42 Å². The van der Waals surface area contributed by atoms with Crippen molar-refractivity contribution in [2.75, 3.05) is 0 Å². The molecule has 1 unspecified atom stereocenters. The number of carbonyl (C=O) groups is 1. The molecule has 50 valence electrons. The molecule has 0 radical (unpaired) electrons. The molecule has 1 rings (SSSR count). The van der Waals surface area contributed by atoms with Crippen molar-refractivity contribution in [1.82, 2.24) is 0 Å². The normalized spacial score (nSPS) is 25.8. The van der Waals surface area contributed by atoms with E-state index in [1.807, 2.05) is 0 Å². The van der Waals surface area contributed by atoms with Gasteiger partial charge in [-0.2, -0.15) is 0 Å². The molecule has 1 aliphatic rings. The molecule has 0 aromatic rings. The van der Waals surface area contributed by atoms with Gasteiger partial charge in [-0.15, -0.1) is 0 Å². The lowest BCUT2D eigenvalue weighted by atomic mass is 10.2. The minimum Gasteiger partial charge on any atom is -0.480 e. The highest BCUT2D eigenvalue weighted by molar-refractivity contribution is 5.87. The summed E-state index contributed by atoms with van der Waals surface area (Å²) in [5.41, 5.74) is 5.25. The Balaban J connectivity index is 2.57. The van der Waals surface area contributed by atoms with Crippen LogP contribution in [-0.4, -0.2) is 23.0 Å². The van der Waals surface area contributed by atoms with E-state index in [-0.39, 0.29) is 0 Å². The molecule has 4 nitrogen and oxygen atoms in total. The molecule has 0 saturated carbocycles. The summed E-state index contributed by atoms with van der Waals surface area (Å²) in [5, 5.41) is 8.37. The molecular weight excluding hydrogens is 120 g/mol. The van der Waals surface area contributed by atoms with Crippen LogP contribution in [-0.2, 0) is 4.79 Å². The molecule has 1 aliphatic heterocycles. The van der Waals surface area contributed by atoms with Gasteiger partial charge in [0.1, 0.15) is 6.04 Å². The number of hydrogen-bond donors (Lipinski definition) is 2. The summed E-state index contributed by atoms with van der Waals surface area (Å²) in [6, 6.07) is -0.579. The van der Waals surface area contributed by atoms with Crippen molar-refractivity contribution < 1.29 is 9.90 Å². The molecule has 0 amide bonds. The van der Waals surface area contributed by atoms with Crippen LogP contribution in [0.3, 0.4) is 0 Å². The zero-order valence-electron chi connectivity index (χ0n) is 4.87. The van der Waals surface area contributed by atoms with Crippen molar-refractivity contribution in [1.29, 1.82) is 0 Å². The van der Waals surface area contributed by atoms with E-state index in [1.54, 1.807) is 0 Å². The summed E-state index contributed by atoms with van der Waals surface area (Å²) < 4.78 is 0. The average Bonchev–Trinajstić information content (AvgIpc) is 2.14. The lowest BCUT2D eigenvalue weighted by Crippen LogP contribution is -2.14. The second kappa shape index (κ2) is 2.05. The van der Waals surface area contributed by atoms with Gasteiger partial charge in [0.25, 0.3) is 0 Å². The molecule has 1 heterocycles. The molecule has 9 heavy (non-hydrogen) atoms. The maximum atomic E-state index is 10.2. The Hall–Kier alpha value is -1.06. The zero-order chi connectivity index (χ0) is 6.85. The predicted molar refractivity (Wildman–Crippen MR) is 32.3 cm³/mol. The molecule has 0 saturated heterocycles. The van der Waals surface area contributed by atoms with E-state index >= 15 is 0 Å². The van der Waals surface area contributed by atoms with Crippen LogP contribution < -0.4 is 5.73 Å². The largest absolute Gasteiger partial charge is 0.480 e.